The first-order chi connectivity index (χ1) is 15.5. The molecule has 162 valence electrons. The van der Waals surface area contributed by atoms with Gasteiger partial charge in [0.15, 0.2) is 0 Å². The number of rotatable bonds is 7. The van der Waals surface area contributed by atoms with Crippen LogP contribution in [0.25, 0.3) is 11.0 Å². The van der Waals surface area contributed by atoms with Gasteiger partial charge >= 0.3 is 11.6 Å². The van der Waals surface area contributed by atoms with Gasteiger partial charge in [0, 0.05) is 35.7 Å². The molecule has 0 bridgehead atoms. The van der Waals surface area contributed by atoms with E-state index < -0.39 is 11.6 Å². The number of nitrogens with one attached hydrogen (secondary N) is 1. The van der Waals surface area contributed by atoms with Gasteiger partial charge in [-0.25, -0.2) is 9.59 Å². The summed E-state index contributed by atoms with van der Waals surface area (Å²) in [6.07, 6.45) is 0. The number of carbonyl (C=O) groups is 2. The molecule has 2 heterocycles. The molecule has 0 fully saturated rings. The van der Waals surface area contributed by atoms with Gasteiger partial charge in [-0.05, 0) is 36.4 Å². The first kappa shape index (κ1) is 20.9. The number of carbonyl (C=O) groups excluding carboxylic acids is 2. The predicted molar refractivity (Wildman–Crippen MR) is 115 cm³/mol. The van der Waals surface area contributed by atoms with Gasteiger partial charge in [0.2, 0.25) is 11.7 Å². The molecule has 0 aliphatic heterocycles. The Morgan fingerprint density at radius 1 is 0.938 bits per heavy atom. The van der Waals surface area contributed by atoms with Crippen molar-refractivity contribution >= 4 is 28.5 Å². The largest absolute Gasteiger partial charge is 0.486 e. The monoisotopic (exact) mass is 433 g/mol. The molecule has 0 atom stereocenters. The van der Waals surface area contributed by atoms with Crippen LogP contribution in [0.5, 0.6) is 5.75 Å². The molecule has 0 aliphatic rings. The molecule has 4 rings (SSSR count). The summed E-state index contributed by atoms with van der Waals surface area (Å²) in [5.41, 5.74) is 0.635. The van der Waals surface area contributed by atoms with Crippen LogP contribution >= 0.6 is 0 Å². The number of esters is 1. The first-order valence-corrected chi connectivity index (χ1v) is 9.76. The van der Waals surface area contributed by atoms with Gasteiger partial charge in [0.1, 0.15) is 30.3 Å². The number of anilines is 1. The van der Waals surface area contributed by atoms with Crippen LogP contribution in [0.2, 0.25) is 0 Å². The molecule has 0 radical (unpaired) electrons. The smallest absolute Gasteiger partial charge is 0.374 e. The Bertz CT molecular complexity index is 1320. The fraction of sp³-hybridized carbons (Fsp3) is 0.125. The Morgan fingerprint density at radius 2 is 1.75 bits per heavy atom. The van der Waals surface area contributed by atoms with E-state index >= 15 is 0 Å². The van der Waals surface area contributed by atoms with E-state index in [1.165, 1.54) is 25.1 Å². The van der Waals surface area contributed by atoms with Crippen molar-refractivity contribution in [3.05, 3.63) is 94.2 Å². The fourth-order valence-corrected chi connectivity index (χ4v) is 3.08. The van der Waals surface area contributed by atoms with Gasteiger partial charge in [0.25, 0.3) is 0 Å². The number of furan rings is 1. The summed E-state index contributed by atoms with van der Waals surface area (Å²) >= 11 is 0. The predicted octanol–water partition coefficient (Wildman–Crippen LogP) is 4.28. The van der Waals surface area contributed by atoms with E-state index in [2.05, 4.69) is 5.32 Å². The highest BCUT2D eigenvalue weighted by molar-refractivity contribution is 5.92. The Balaban J connectivity index is 1.43. The van der Waals surface area contributed by atoms with Crippen LogP contribution < -0.4 is 15.7 Å². The third kappa shape index (κ3) is 5.04. The quantitative estimate of drug-likeness (QED) is 0.342. The number of benzene rings is 2. The van der Waals surface area contributed by atoms with Gasteiger partial charge in [-0.1, -0.05) is 18.2 Å². The maximum Gasteiger partial charge on any atom is 0.374 e. The minimum atomic E-state index is -0.674. The van der Waals surface area contributed by atoms with Gasteiger partial charge in [0.05, 0.1) is 0 Å². The molecule has 0 aliphatic carbocycles. The topological polar surface area (TPSA) is 108 Å². The van der Waals surface area contributed by atoms with Crippen molar-refractivity contribution < 1.29 is 27.9 Å². The summed E-state index contributed by atoms with van der Waals surface area (Å²) in [6.45, 7) is 1.39. The van der Waals surface area contributed by atoms with Crippen molar-refractivity contribution in [2.24, 2.45) is 0 Å². The zero-order valence-electron chi connectivity index (χ0n) is 17.1. The van der Waals surface area contributed by atoms with Crippen LogP contribution in [0.4, 0.5) is 5.69 Å². The van der Waals surface area contributed by atoms with Gasteiger partial charge in [-0.15, -0.1) is 0 Å². The van der Waals surface area contributed by atoms with Crippen LogP contribution in [-0.2, 0) is 22.7 Å². The summed E-state index contributed by atoms with van der Waals surface area (Å²) < 4.78 is 21.6. The molecule has 2 aromatic carbocycles. The van der Waals surface area contributed by atoms with E-state index in [1.54, 1.807) is 18.2 Å². The number of ether oxygens (including phenoxy) is 2. The molecule has 4 aromatic rings. The minimum absolute atomic E-state index is 0.0249. The van der Waals surface area contributed by atoms with Gasteiger partial charge in [-0.2, -0.15) is 0 Å². The van der Waals surface area contributed by atoms with E-state index in [4.69, 9.17) is 18.3 Å². The molecule has 0 unspecified atom stereocenters. The molecule has 1 N–H and O–H groups in total. The van der Waals surface area contributed by atoms with E-state index in [1.807, 2.05) is 30.3 Å². The summed E-state index contributed by atoms with van der Waals surface area (Å²) in [5, 5.41) is 3.21. The van der Waals surface area contributed by atoms with Crippen LogP contribution in [0.15, 0.2) is 80.4 Å². The van der Waals surface area contributed by atoms with E-state index in [0.717, 1.165) is 0 Å². The van der Waals surface area contributed by atoms with E-state index in [0.29, 0.717) is 28.1 Å². The number of para-hydroxylation sites is 1. The molecular weight excluding hydrogens is 414 g/mol. The number of hydrogen-bond acceptors (Lipinski definition) is 7. The average molecular weight is 433 g/mol. The van der Waals surface area contributed by atoms with Crippen LogP contribution in [0, 0.1) is 0 Å². The second kappa shape index (κ2) is 9.22. The van der Waals surface area contributed by atoms with Gasteiger partial charge in [-0.3, -0.25) is 4.79 Å². The van der Waals surface area contributed by atoms with E-state index in [-0.39, 0.29) is 30.5 Å². The van der Waals surface area contributed by atoms with Crippen molar-refractivity contribution in [2.45, 2.75) is 20.1 Å². The van der Waals surface area contributed by atoms with Crippen molar-refractivity contribution in [1.29, 1.82) is 0 Å². The maximum absolute atomic E-state index is 12.4. The normalized spacial score (nSPS) is 10.7. The lowest BCUT2D eigenvalue weighted by atomic mass is 10.1. The third-order valence-electron chi connectivity index (χ3n) is 4.50. The lowest BCUT2D eigenvalue weighted by Crippen LogP contribution is -2.08. The maximum atomic E-state index is 12.4. The Kier molecular flexibility index (Phi) is 6.03. The van der Waals surface area contributed by atoms with Crippen molar-refractivity contribution in [3.8, 4) is 5.75 Å². The molecule has 8 nitrogen and oxygen atoms in total. The summed E-state index contributed by atoms with van der Waals surface area (Å²) in [6, 6.07) is 18.5. The molecule has 0 spiro atoms. The highest BCUT2D eigenvalue weighted by Gasteiger charge is 2.15. The van der Waals surface area contributed by atoms with Gasteiger partial charge < -0.3 is 23.6 Å². The third-order valence-corrected chi connectivity index (χ3v) is 4.50. The highest BCUT2D eigenvalue weighted by atomic mass is 16.5. The first-order valence-electron chi connectivity index (χ1n) is 9.76. The second-order valence-electron chi connectivity index (χ2n) is 6.93. The number of fused-ring (bicyclic) bond motifs is 1. The highest BCUT2D eigenvalue weighted by Crippen LogP contribution is 2.22. The van der Waals surface area contributed by atoms with Crippen molar-refractivity contribution in [3.63, 3.8) is 0 Å². The number of amides is 1. The zero-order valence-corrected chi connectivity index (χ0v) is 17.1. The zero-order chi connectivity index (χ0) is 22.5. The Morgan fingerprint density at radius 3 is 2.53 bits per heavy atom. The Hall–Kier alpha value is -4.33. The standard InChI is InChI=1S/C24H19NO7/c1-15(26)25-17-7-9-20-16(11-23(27)32-22(20)12-17)13-30-24(28)21-10-8-19(31-21)14-29-18-5-3-2-4-6-18/h2-12H,13-14H2,1H3,(H,25,26). The Labute approximate surface area is 182 Å². The molecule has 0 saturated carbocycles. The summed E-state index contributed by atoms with van der Waals surface area (Å²) in [4.78, 5) is 35.5. The molecule has 8 heteroatoms. The lowest BCUT2D eigenvalue weighted by molar-refractivity contribution is -0.114. The molecule has 1 amide bonds. The fourth-order valence-electron chi connectivity index (χ4n) is 3.08. The van der Waals surface area contributed by atoms with Crippen LogP contribution in [-0.4, -0.2) is 11.9 Å². The average Bonchev–Trinajstić information content (AvgIpc) is 3.25. The van der Waals surface area contributed by atoms with Crippen LogP contribution in [0.3, 0.4) is 0 Å². The molecule has 0 saturated heterocycles. The number of hydrogen-bond donors (Lipinski definition) is 1. The SMILES string of the molecule is CC(=O)Nc1ccc2c(COC(=O)c3ccc(COc4ccccc4)o3)cc(=O)oc2c1. The molecule has 2 aromatic heterocycles. The summed E-state index contributed by atoms with van der Waals surface area (Å²) in [7, 11) is 0. The molecular formula is C24H19NO7. The van der Waals surface area contributed by atoms with Crippen molar-refractivity contribution in [1.82, 2.24) is 0 Å². The lowest BCUT2D eigenvalue weighted by Gasteiger charge is -2.08. The second-order valence-corrected chi connectivity index (χ2v) is 6.93. The minimum Gasteiger partial charge on any atom is -0.486 e. The van der Waals surface area contributed by atoms with E-state index in [9.17, 15) is 14.4 Å². The molecule has 32 heavy (non-hydrogen) atoms. The van der Waals surface area contributed by atoms with Crippen LogP contribution in [0.1, 0.15) is 28.8 Å². The van der Waals surface area contributed by atoms with Crippen molar-refractivity contribution in [2.75, 3.05) is 5.32 Å². The summed E-state index contributed by atoms with van der Waals surface area (Å²) in [5.74, 6) is 0.259.